The van der Waals surface area contributed by atoms with Gasteiger partial charge in [-0.05, 0) is 6.92 Å². The Labute approximate surface area is 142 Å². The Bertz CT molecular complexity index is 829. The second-order valence-corrected chi connectivity index (χ2v) is 5.04. The molecular weight excluding hydrogens is 328 g/mol. The fraction of sp³-hybridized carbons (Fsp3) is 0.267. The first kappa shape index (κ1) is 18.1. The fourth-order valence-electron chi connectivity index (χ4n) is 2.07. The van der Waals surface area contributed by atoms with Crippen LogP contribution in [0.25, 0.3) is 10.8 Å². The molecule has 1 aromatic carbocycles. The summed E-state index contributed by atoms with van der Waals surface area (Å²) in [4.78, 5) is 37.5. The normalized spacial score (nSPS) is 12.1. The van der Waals surface area contributed by atoms with Crippen LogP contribution >= 0.6 is 0 Å². The molecule has 0 aliphatic heterocycles. The van der Waals surface area contributed by atoms with Crippen molar-refractivity contribution in [3.63, 3.8) is 0 Å². The molecule has 0 fully saturated rings. The van der Waals surface area contributed by atoms with Gasteiger partial charge in [0.05, 0.1) is 13.7 Å². The van der Waals surface area contributed by atoms with Crippen LogP contribution in [0.5, 0.6) is 0 Å². The number of aromatic amines is 1. The van der Waals surface area contributed by atoms with E-state index in [0.717, 1.165) is 0 Å². The Balaban J connectivity index is 2.24. The van der Waals surface area contributed by atoms with Crippen molar-refractivity contribution in [2.75, 3.05) is 19.0 Å². The molecular formula is C15H18N6O4. The van der Waals surface area contributed by atoms with Crippen LogP contribution in [0.3, 0.4) is 0 Å². The van der Waals surface area contributed by atoms with Crippen LogP contribution < -0.4 is 16.4 Å². The number of esters is 1. The predicted molar refractivity (Wildman–Crippen MR) is 90.5 cm³/mol. The van der Waals surface area contributed by atoms with Crippen molar-refractivity contribution in [2.24, 2.45) is 16.0 Å². The number of fused-ring (bicyclic) bond motifs is 1. The number of benzene rings is 1. The van der Waals surface area contributed by atoms with Crippen LogP contribution in [-0.2, 0) is 14.3 Å². The van der Waals surface area contributed by atoms with Gasteiger partial charge >= 0.3 is 12.0 Å². The number of hydrogen-bond acceptors (Lipinski definition) is 6. The Kier molecular flexibility index (Phi) is 5.79. The lowest BCUT2D eigenvalue weighted by molar-refractivity contribution is -0.142. The van der Waals surface area contributed by atoms with Crippen molar-refractivity contribution in [3.8, 4) is 0 Å². The molecule has 3 amide bonds. The molecule has 1 heterocycles. The number of ether oxygens (including phenoxy) is 1. The van der Waals surface area contributed by atoms with E-state index < -0.39 is 23.9 Å². The van der Waals surface area contributed by atoms with Crippen LogP contribution in [0.2, 0.25) is 0 Å². The highest BCUT2D eigenvalue weighted by Gasteiger charge is 2.17. The first-order valence-electron chi connectivity index (χ1n) is 7.37. The summed E-state index contributed by atoms with van der Waals surface area (Å²) < 4.78 is 4.54. The van der Waals surface area contributed by atoms with E-state index in [1.165, 1.54) is 14.0 Å². The molecule has 0 aliphatic rings. The third kappa shape index (κ3) is 4.38. The Morgan fingerprint density at radius 1 is 1.28 bits per heavy atom. The third-order valence-corrected chi connectivity index (χ3v) is 3.27. The minimum atomic E-state index is -0.812. The summed E-state index contributed by atoms with van der Waals surface area (Å²) in [6.07, 6.45) is 0. The molecule has 2 aromatic rings. The van der Waals surface area contributed by atoms with Crippen molar-refractivity contribution < 1.29 is 19.1 Å². The lowest BCUT2D eigenvalue weighted by atomic mass is 10.2. The van der Waals surface area contributed by atoms with Crippen molar-refractivity contribution >= 4 is 40.3 Å². The second kappa shape index (κ2) is 8.02. The Morgan fingerprint density at radius 3 is 2.60 bits per heavy atom. The van der Waals surface area contributed by atoms with Crippen LogP contribution in [-0.4, -0.2) is 42.6 Å². The molecule has 132 valence electrons. The first-order chi connectivity index (χ1) is 12.0. The maximum atomic E-state index is 12.0. The number of nitrogens with one attached hydrogen (secondary N) is 3. The number of nitrogens with zero attached hydrogens (tertiary/aromatic N) is 2. The number of amides is 3. The molecule has 10 heteroatoms. The molecule has 0 bridgehead atoms. The van der Waals surface area contributed by atoms with Gasteiger partial charge in [0, 0.05) is 10.8 Å². The summed E-state index contributed by atoms with van der Waals surface area (Å²) in [5, 5.41) is 13.7. The molecule has 0 aliphatic carbocycles. The first-order valence-corrected chi connectivity index (χ1v) is 7.37. The van der Waals surface area contributed by atoms with Crippen molar-refractivity contribution in [1.82, 2.24) is 10.3 Å². The zero-order valence-corrected chi connectivity index (χ0v) is 13.7. The summed E-state index contributed by atoms with van der Waals surface area (Å²) in [5.74, 6) is -0.493. The average molecular weight is 346 g/mol. The summed E-state index contributed by atoms with van der Waals surface area (Å²) in [5.41, 5.74) is 5.19. The highest BCUT2D eigenvalue weighted by molar-refractivity contribution is 6.05. The SMILES string of the molecule is COC(=O)[C@H](C)NC(=O)Nc1[nH]c(N=NC(=O)CN)c2ccccc12. The zero-order valence-electron chi connectivity index (χ0n) is 13.7. The highest BCUT2D eigenvalue weighted by atomic mass is 16.5. The molecule has 1 aromatic heterocycles. The maximum Gasteiger partial charge on any atom is 0.328 e. The summed E-state index contributed by atoms with van der Waals surface area (Å²) >= 11 is 0. The van der Waals surface area contributed by atoms with E-state index >= 15 is 0 Å². The highest BCUT2D eigenvalue weighted by Crippen LogP contribution is 2.32. The number of rotatable bonds is 5. The third-order valence-electron chi connectivity index (χ3n) is 3.27. The molecule has 25 heavy (non-hydrogen) atoms. The molecule has 0 unspecified atom stereocenters. The number of carbonyl (C=O) groups is 3. The van der Waals surface area contributed by atoms with Gasteiger partial charge < -0.3 is 20.8 Å². The van der Waals surface area contributed by atoms with Gasteiger partial charge in [0.25, 0.3) is 5.91 Å². The average Bonchev–Trinajstić information content (AvgIpc) is 2.96. The van der Waals surface area contributed by atoms with E-state index in [4.69, 9.17) is 5.73 Å². The number of carbonyl (C=O) groups excluding carboxylic acids is 3. The minimum absolute atomic E-state index is 0.249. The van der Waals surface area contributed by atoms with Crippen LogP contribution in [0.1, 0.15) is 6.92 Å². The van der Waals surface area contributed by atoms with Crippen molar-refractivity contribution in [2.45, 2.75) is 13.0 Å². The quantitative estimate of drug-likeness (QED) is 0.477. The number of methoxy groups -OCH3 is 1. The number of urea groups is 1. The number of H-pyrrole nitrogens is 1. The second-order valence-electron chi connectivity index (χ2n) is 5.04. The van der Waals surface area contributed by atoms with Gasteiger partial charge in [0.2, 0.25) is 0 Å². The van der Waals surface area contributed by atoms with Crippen molar-refractivity contribution in [1.29, 1.82) is 0 Å². The lowest BCUT2D eigenvalue weighted by Gasteiger charge is -2.11. The molecule has 0 saturated carbocycles. The van der Waals surface area contributed by atoms with Gasteiger partial charge in [-0.2, -0.15) is 0 Å². The lowest BCUT2D eigenvalue weighted by Crippen LogP contribution is -2.41. The number of aromatic nitrogens is 1. The summed E-state index contributed by atoms with van der Waals surface area (Å²) in [6.45, 7) is 1.25. The smallest absolute Gasteiger partial charge is 0.328 e. The van der Waals surface area contributed by atoms with Gasteiger partial charge in [-0.3, -0.25) is 10.1 Å². The Hall–Kier alpha value is -3.27. The van der Waals surface area contributed by atoms with E-state index in [0.29, 0.717) is 22.4 Å². The molecule has 0 radical (unpaired) electrons. The van der Waals surface area contributed by atoms with Gasteiger partial charge in [-0.1, -0.05) is 24.3 Å². The Morgan fingerprint density at radius 2 is 1.96 bits per heavy atom. The molecule has 5 N–H and O–H groups in total. The van der Waals surface area contributed by atoms with Gasteiger partial charge in [-0.25, -0.2) is 9.59 Å². The predicted octanol–water partition coefficient (Wildman–Crippen LogP) is 1.42. The molecule has 10 nitrogen and oxygen atoms in total. The number of hydrogen-bond donors (Lipinski definition) is 4. The standard InChI is InChI=1S/C15H18N6O4/c1-8(14(23)25-2)17-15(24)19-12-9-5-3-4-6-10(9)13(18-12)21-20-11(22)7-16/h3-6,8,18H,7,16H2,1-2H3,(H2,17,19,24)/t8-/m0/s1. The minimum Gasteiger partial charge on any atom is -0.467 e. The largest absolute Gasteiger partial charge is 0.467 e. The summed E-state index contributed by atoms with van der Waals surface area (Å²) in [6, 6.07) is 5.66. The van der Waals surface area contributed by atoms with E-state index in [9.17, 15) is 14.4 Å². The fourth-order valence-corrected chi connectivity index (χ4v) is 2.07. The summed E-state index contributed by atoms with van der Waals surface area (Å²) in [7, 11) is 1.23. The van der Waals surface area contributed by atoms with Gasteiger partial charge in [0.15, 0.2) is 5.82 Å². The number of anilines is 1. The van der Waals surface area contributed by atoms with E-state index in [1.54, 1.807) is 24.3 Å². The number of nitrogens with two attached hydrogens (primary N) is 1. The van der Waals surface area contributed by atoms with Crippen LogP contribution in [0.4, 0.5) is 16.4 Å². The van der Waals surface area contributed by atoms with Crippen LogP contribution in [0, 0.1) is 0 Å². The topological polar surface area (TPSA) is 151 Å². The zero-order chi connectivity index (χ0) is 18.4. The molecule has 0 spiro atoms. The monoisotopic (exact) mass is 346 g/mol. The molecule has 1 atom stereocenters. The van der Waals surface area contributed by atoms with E-state index in [2.05, 4.69) is 30.6 Å². The van der Waals surface area contributed by atoms with Crippen molar-refractivity contribution in [3.05, 3.63) is 24.3 Å². The van der Waals surface area contributed by atoms with Gasteiger partial charge in [0.1, 0.15) is 11.9 Å². The maximum absolute atomic E-state index is 12.0. The van der Waals surface area contributed by atoms with Gasteiger partial charge in [-0.15, -0.1) is 10.2 Å². The van der Waals surface area contributed by atoms with Crippen LogP contribution in [0.15, 0.2) is 34.5 Å². The van der Waals surface area contributed by atoms with E-state index in [-0.39, 0.29) is 6.54 Å². The molecule has 2 rings (SSSR count). The van der Waals surface area contributed by atoms with E-state index in [1.807, 2.05) is 0 Å². The molecule has 0 saturated heterocycles. The number of azo groups is 1.